The number of hydrogen-bond acceptors (Lipinski definition) is 3. The number of hydrogen-bond donors (Lipinski definition) is 2. The summed E-state index contributed by atoms with van der Waals surface area (Å²) in [5.41, 5.74) is 9.19. The van der Waals surface area contributed by atoms with Crippen LogP contribution in [0.4, 0.5) is 0 Å². The van der Waals surface area contributed by atoms with Gasteiger partial charge in [-0.05, 0) is 51.7 Å². The predicted molar refractivity (Wildman–Crippen MR) is 87.9 cm³/mol. The molecule has 0 bridgehead atoms. The van der Waals surface area contributed by atoms with E-state index in [4.69, 9.17) is 11.1 Å². The maximum Gasteiger partial charge on any atom is 0.126 e. The van der Waals surface area contributed by atoms with Crippen molar-refractivity contribution in [1.29, 1.82) is 5.41 Å². The van der Waals surface area contributed by atoms with Gasteiger partial charge < -0.3 is 11.1 Å². The van der Waals surface area contributed by atoms with Crippen molar-refractivity contribution < 1.29 is 0 Å². The minimum Gasteiger partial charge on any atom is -0.383 e. The standard InChI is InChI=1S/C9H16N2.C7H13N/c1-6(2)8(5)9(10)11-7(3)4;1-4-6(3)7(8)5-2/h1,10H2,2-5H3;5-6,8H,2,4H2,1,3H3/b9-8-;. The van der Waals surface area contributed by atoms with Crippen LogP contribution >= 0.6 is 0 Å². The molecule has 0 aliphatic heterocycles. The van der Waals surface area contributed by atoms with E-state index in [9.17, 15) is 0 Å². The van der Waals surface area contributed by atoms with Crippen LogP contribution < -0.4 is 5.73 Å². The van der Waals surface area contributed by atoms with Crippen molar-refractivity contribution in [3.8, 4) is 0 Å². The zero-order chi connectivity index (χ0) is 15.6. The van der Waals surface area contributed by atoms with Crippen LogP contribution in [0, 0.1) is 11.3 Å². The van der Waals surface area contributed by atoms with E-state index in [1.165, 1.54) is 0 Å². The van der Waals surface area contributed by atoms with Gasteiger partial charge in [-0.2, -0.15) is 0 Å². The third-order valence-corrected chi connectivity index (χ3v) is 2.73. The largest absolute Gasteiger partial charge is 0.383 e. The topological polar surface area (TPSA) is 62.2 Å². The van der Waals surface area contributed by atoms with Gasteiger partial charge in [0.05, 0.1) is 0 Å². The zero-order valence-electron chi connectivity index (χ0n) is 13.3. The molecule has 0 saturated carbocycles. The zero-order valence-corrected chi connectivity index (χ0v) is 13.3. The summed E-state index contributed by atoms with van der Waals surface area (Å²) >= 11 is 0. The lowest BCUT2D eigenvalue weighted by Crippen LogP contribution is -2.03. The predicted octanol–water partition coefficient (Wildman–Crippen LogP) is 4.47. The SMILES string of the molecule is C=C(C)/C(C)=C(/N)N=C(C)C.C=CC(=N)C(C)CC. The molecule has 0 aromatic rings. The molecule has 0 heterocycles. The van der Waals surface area contributed by atoms with Gasteiger partial charge in [0.15, 0.2) is 0 Å². The second kappa shape index (κ2) is 10.3. The molecule has 0 aromatic heterocycles. The highest BCUT2D eigenvalue weighted by atomic mass is 14.9. The molecule has 3 N–H and O–H groups in total. The molecule has 0 aliphatic carbocycles. The molecule has 108 valence electrons. The van der Waals surface area contributed by atoms with Gasteiger partial charge in [-0.15, -0.1) is 0 Å². The van der Waals surface area contributed by atoms with Gasteiger partial charge in [0, 0.05) is 11.4 Å². The summed E-state index contributed by atoms with van der Waals surface area (Å²) in [5, 5.41) is 7.23. The summed E-state index contributed by atoms with van der Waals surface area (Å²) in [6, 6.07) is 0. The van der Waals surface area contributed by atoms with Crippen molar-refractivity contribution in [2.45, 2.75) is 48.0 Å². The quantitative estimate of drug-likeness (QED) is 0.558. The van der Waals surface area contributed by atoms with Gasteiger partial charge in [0.1, 0.15) is 5.82 Å². The summed E-state index contributed by atoms with van der Waals surface area (Å²) in [6.45, 7) is 19.1. The van der Waals surface area contributed by atoms with Crippen LogP contribution in [0.15, 0.2) is 41.2 Å². The Labute approximate surface area is 118 Å². The van der Waals surface area contributed by atoms with Crippen molar-refractivity contribution in [3.05, 3.63) is 36.2 Å². The molecule has 0 aromatic carbocycles. The minimum atomic E-state index is 0.382. The highest BCUT2D eigenvalue weighted by Crippen LogP contribution is 2.08. The van der Waals surface area contributed by atoms with Crippen molar-refractivity contribution >= 4 is 11.4 Å². The normalized spacial score (nSPS) is 12.3. The maximum absolute atomic E-state index is 7.23. The lowest BCUT2D eigenvalue weighted by molar-refractivity contribution is 0.739. The van der Waals surface area contributed by atoms with E-state index in [1.807, 2.05) is 34.6 Å². The first kappa shape index (κ1) is 19.7. The molecule has 0 saturated heterocycles. The van der Waals surface area contributed by atoms with E-state index in [0.29, 0.717) is 17.5 Å². The minimum absolute atomic E-state index is 0.382. The third-order valence-electron chi connectivity index (χ3n) is 2.73. The number of nitrogens with zero attached hydrogens (tertiary/aromatic N) is 1. The maximum atomic E-state index is 7.23. The number of nitrogens with two attached hydrogens (primary N) is 1. The van der Waals surface area contributed by atoms with Gasteiger partial charge in [-0.1, -0.05) is 32.6 Å². The molecule has 19 heavy (non-hydrogen) atoms. The highest BCUT2D eigenvalue weighted by Gasteiger charge is 1.99. The molecule has 1 unspecified atom stereocenters. The first-order chi connectivity index (χ1) is 8.67. The van der Waals surface area contributed by atoms with Crippen molar-refractivity contribution in [1.82, 2.24) is 0 Å². The fourth-order valence-corrected chi connectivity index (χ4v) is 0.964. The van der Waals surface area contributed by atoms with E-state index in [2.05, 4.69) is 25.1 Å². The van der Waals surface area contributed by atoms with Crippen LogP contribution in [0.2, 0.25) is 0 Å². The Morgan fingerprint density at radius 1 is 1.32 bits per heavy atom. The second-order valence-electron chi connectivity index (χ2n) is 4.82. The highest BCUT2D eigenvalue weighted by molar-refractivity contribution is 5.93. The Hall–Kier alpha value is -1.64. The lowest BCUT2D eigenvalue weighted by Gasteiger charge is -2.03. The summed E-state index contributed by atoms with van der Waals surface area (Å²) in [6.07, 6.45) is 2.64. The molecule has 0 spiro atoms. The van der Waals surface area contributed by atoms with Crippen molar-refractivity contribution in [2.75, 3.05) is 0 Å². The number of allylic oxidation sites excluding steroid dienone is 3. The van der Waals surface area contributed by atoms with E-state index in [0.717, 1.165) is 23.3 Å². The monoisotopic (exact) mass is 263 g/mol. The van der Waals surface area contributed by atoms with Gasteiger partial charge in [-0.3, -0.25) is 0 Å². The van der Waals surface area contributed by atoms with Crippen molar-refractivity contribution in [2.24, 2.45) is 16.6 Å². The van der Waals surface area contributed by atoms with Gasteiger partial charge in [0.2, 0.25) is 0 Å². The Morgan fingerprint density at radius 3 is 2.00 bits per heavy atom. The lowest BCUT2D eigenvalue weighted by atomic mass is 10.0. The average molecular weight is 263 g/mol. The van der Waals surface area contributed by atoms with Crippen LogP contribution in [-0.4, -0.2) is 11.4 Å². The van der Waals surface area contributed by atoms with Gasteiger partial charge in [-0.25, -0.2) is 4.99 Å². The van der Waals surface area contributed by atoms with Gasteiger partial charge >= 0.3 is 0 Å². The molecular formula is C16H29N3. The molecule has 0 radical (unpaired) electrons. The Morgan fingerprint density at radius 2 is 1.79 bits per heavy atom. The van der Waals surface area contributed by atoms with Crippen LogP contribution in [0.1, 0.15) is 48.0 Å². The van der Waals surface area contributed by atoms with E-state index in [1.54, 1.807) is 6.08 Å². The molecule has 0 rings (SSSR count). The fourth-order valence-electron chi connectivity index (χ4n) is 0.964. The molecule has 0 aliphatic rings. The Bertz CT molecular complexity index is 383. The van der Waals surface area contributed by atoms with Gasteiger partial charge in [0.25, 0.3) is 0 Å². The summed E-state index contributed by atoms with van der Waals surface area (Å²) in [4.78, 5) is 4.11. The van der Waals surface area contributed by atoms with E-state index < -0.39 is 0 Å². The molecule has 3 heteroatoms. The molecular weight excluding hydrogens is 234 g/mol. The van der Waals surface area contributed by atoms with Crippen LogP contribution in [0.25, 0.3) is 0 Å². The Kier molecular flexibility index (Phi) is 10.7. The number of aliphatic imine (C=N–C) groups is 1. The Balaban J connectivity index is 0. The molecule has 1 atom stereocenters. The smallest absolute Gasteiger partial charge is 0.126 e. The first-order valence-electron chi connectivity index (χ1n) is 6.52. The number of nitrogens with one attached hydrogen (secondary N) is 1. The van der Waals surface area contributed by atoms with Crippen LogP contribution in [0.3, 0.4) is 0 Å². The molecule has 0 fully saturated rings. The van der Waals surface area contributed by atoms with Crippen LogP contribution in [0.5, 0.6) is 0 Å². The van der Waals surface area contributed by atoms with Crippen LogP contribution in [-0.2, 0) is 0 Å². The van der Waals surface area contributed by atoms with E-state index in [-0.39, 0.29) is 0 Å². The number of rotatable bonds is 5. The molecule has 0 amide bonds. The molecule has 3 nitrogen and oxygen atoms in total. The summed E-state index contributed by atoms with van der Waals surface area (Å²) < 4.78 is 0. The van der Waals surface area contributed by atoms with E-state index >= 15 is 0 Å². The second-order valence-corrected chi connectivity index (χ2v) is 4.82. The fraction of sp³-hybridized carbons (Fsp3) is 0.500. The average Bonchev–Trinajstić information content (AvgIpc) is 2.35. The van der Waals surface area contributed by atoms with Crippen molar-refractivity contribution in [3.63, 3.8) is 0 Å². The first-order valence-corrected chi connectivity index (χ1v) is 6.52. The summed E-state index contributed by atoms with van der Waals surface area (Å²) in [7, 11) is 0. The summed E-state index contributed by atoms with van der Waals surface area (Å²) in [5.74, 6) is 0.949. The third kappa shape index (κ3) is 10.0.